The van der Waals surface area contributed by atoms with Gasteiger partial charge in [-0.1, -0.05) is 12.1 Å². The second-order valence-electron chi connectivity index (χ2n) is 8.35. The van der Waals surface area contributed by atoms with Crippen LogP contribution < -0.4 is 5.32 Å². The molecule has 1 aromatic rings. The van der Waals surface area contributed by atoms with Gasteiger partial charge in [0.05, 0.1) is 11.6 Å². The Morgan fingerprint density at radius 3 is 2.52 bits per heavy atom. The number of alkyl carbamates (subject to hydrolysis) is 1. The Morgan fingerprint density at radius 2 is 1.86 bits per heavy atom. The Kier molecular flexibility index (Phi) is 8.47. The van der Waals surface area contributed by atoms with Crippen molar-refractivity contribution in [1.29, 1.82) is 5.26 Å². The van der Waals surface area contributed by atoms with Crippen molar-refractivity contribution in [2.45, 2.75) is 52.2 Å². The van der Waals surface area contributed by atoms with Crippen molar-refractivity contribution in [3.63, 3.8) is 0 Å². The molecule has 0 bridgehead atoms. The molecule has 0 aromatic heterocycles. The number of benzene rings is 1. The zero-order chi connectivity index (χ0) is 21.3. The first kappa shape index (κ1) is 22.7. The second-order valence-corrected chi connectivity index (χ2v) is 8.35. The van der Waals surface area contributed by atoms with Crippen LogP contribution in [0.3, 0.4) is 0 Å². The summed E-state index contributed by atoms with van der Waals surface area (Å²) >= 11 is 0. The molecule has 1 aliphatic heterocycles. The molecule has 7 heteroatoms. The quantitative estimate of drug-likeness (QED) is 0.742. The van der Waals surface area contributed by atoms with Gasteiger partial charge in [0.15, 0.2) is 0 Å². The number of amides is 2. The van der Waals surface area contributed by atoms with E-state index in [1.807, 2.05) is 49.9 Å². The van der Waals surface area contributed by atoms with Gasteiger partial charge >= 0.3 is 6.09 Å². The third kappa shape index (κ3) is 8.53. The second kappa shape index (κ2) is 10.8. The lowest BCUT2D eigenvalue weighted by atomic mass is 10.1. The van der Waals surface area contributed by atoms with Crippen molar-refractivity contribution in [2.75, 3.05) is 32.7 Å². The number of nitrogens with one attached hydrogen (secondary N) is 1. The van der Waals surface area contributed by atoms with Crippen LogP contribution in [-0.4, -0.2) is 60.1 Å². The lowest BCUT2D eigenvalue weighted by molar-refractivity contribution is -0.131. The number of nitriles is 1. The summed E-state index contributed by atoms with van der Waals surface area (Å²) in [5, 5.41) is 11.6. The highest BCUT2D eigenvalue weighted by Gasteiger charge is 2.19. The molecule has 0 radical (unpaired) electrons. The Hall–Kier alpha value is -2.59. The molecule has 1 fully saturated rings. The first-order chi connectivity index (χ1) is 13.8. The SMILES string of the molecule is CC(C)(C)OC(=O)NCCCC(=O)N1CCCN(Cc2ccc(C#N)cc2)CC1. The molecule has 2 rings (SSSR count). The predicted octanol–water partition coefficient (Wildman–Crippen LogP) is 2.90. The summed E-state index contributed by atoms with van der Waals surface area (Å²) in [4.78, 5) is 28.4. The van der Waals surface area contributed by atoms with E-state index < -0.39 is 11.7 Å². The number of hydrogen-bond donors (Lipinski definition) is 1. The van der Waals surface area contributed by atoms with Crippen LogP contribution in [0.15, 0.2) is 24.3 Å². The van der Waals surface area contributed by atoms with Gasteiger partial charge in [-0.05, 0) is 51.3 Å². The van der Waals surface area contributed by atoms with E-state index in [-0.39, 0.29) is 5.91 Å². The van der Waals surface area contributed by atoms with E-state index in [1.165, 1.54) is 5.56 Å². The van der Waals surface area contributed by atoms with E-state index >= 15 is 0 Å². The number of carbonyl (C=O) groups excluding carboxylic acids is 2. The molecule has 1 N–H and O–H groups in total. The number of nitrogens with zero attached hydrogens (tertiary/aromatic N) is 3. The minimum absolute atomic E-state index is 0.135. The van der Waals surface area contributed by atoms with Crippen molar-refractivity contribution in [3.8, 4) is 6.07 Å². The summed E-state index contributed by atoms with van der Waals surface area (Å²) in [5.74, 6) is 0.135. The number of carbonyl (C=O) groups is 2. The van der Waals surface area contributed by atoms with Crippen LogP contribution in [0, 0.1) is 11.3 Å². The fourth-order valence-electron chi connectivity index (χ4n) is 3.22. The number of rotatable bonds is 6. The van der Waals surface area contributed by atoms with Crippen molar-refractivity contribution >= 4 is 12.0 Å². The van der Waals surface area contributed by atoms with Crippen molar-refractivity contribution in [1.82, 2.24) is 15.1 Å². The van der Waals surface area contributed by atoms with Crippen LogP contribution in [0.1, 0.15) is 51.2 Å². The summed E-state index contributed by atoms with van der Waals surface area (Å²) in [6.45, 7) is 9.98. The molecule has 1 saturated heterocycles. The average molecular weight is 401 g/mol. The lowest BCUT2D eigenvalue weighted by Crippen LogP contribution is -2.36. The molecule has 29 heavy (non-hydrogen) atoms. The zero-order valence-electron chi connectivity index (χ0n) is 17.7. The highest BCUT2D eigenvalue weighted by Crippen LogP contribution is 2.11. The molecular weight excluding hydrogens is 368 g/mol. The smallest absolute Gasteiger partial charge is 0.407 e. The van der Waals surface area contributed by atoms with E-state index in [4.69, 9.17) is 10.00 Å². The molecular formula is C22H32N4O3. The number of ether oxygens (including phenoxy) is 1. The fraction of sp³-hybridized carbons (Fsp3) is 0.591. The minimum atomic E-state index is -0.518. The van der Waals surface area contributed by atoms with Gasteiger partial charge in [-0.25, -0.2) is 4.79 Å². The van der Waals surface area contributed by atoms with E-state index in [1.54, 1.807) is 0 Å². The zero-order valence-corrected chi connectivity index (χ0v) is 17.7. The maximum Gasteiger partial charge on any atom is 0.407 e. The summed E-state index contributed by atoms with van der Waals surface area (Å²) in [5.41, 5.74) is 1.33. The first-order valence-electron chi connectivity index (χ1n) is 10.2. The molecule has 2 amide bonds. The summed E-state index contributed by atoms with van der Waals surface area (Å²) in [6, 6.07) is 9.80. The van der Waals surface area contributed by atoms with Crippen LogP contribution in [-0.2, 0) is 16.1 Å². The molecule has 0 saturated carbocycles. The van der Waals surface area contributed by atoms with Crippen LogP contribution in [0.2, 0.25) is 0 Å². The highest BCUT2D eigenvalue weighted by molar-refractivity contribution is 5.76. The molecule has 0 aliphatic carbocycles. The molecule has 158 valence electrons. The maximum atomic E-state index is 12.5. The van der Waals surface area contributed by atoms with Gasteiger partial charge in [0.25, 0.3) is 0 Å². The average Bonchev–Trinajstić information content (AvgIpc) is 2.90. The number of hydrogen-bond acceptors (Lipinski definition) is 5. The monoisotopic (exact) mass is 400 g/mol. The van der Waals surface area contributed by atoms with E-state index in [0.717, 1.165) is 32.6 Å². The molecule has 0 unspecified atom stereocenters. The third-order valence-corrected chi connectivity index (χ3v) is 4.67. The standard InChI is InChI=1S/C22H32N4O3/c1-22(2,3)29-21(28)24-11-4-6-20(27)26-13-5-12-25(14-15-26)17-19-9-7-18(16-23)8-10-19/h7-10H,4-6,11-15,17H2,1-3H3,(H,24,28). The molecule has 0 atom stereocenters. The highest BCUT2D eigenvalue weighted by atomic mass is 16.6. The molecule has 0 spiro atoms. The molecule has 1 aliphatic rings. The van der Waals surface area contributed by atoms with Gasteiger partial charge in [0, 0.05) is 45.7 Å². The van der Waals surface area contributed by atoms with Crippen molar-refractivity contribution in [2.24, 2.45) is 0 Å². The van der Waals surface area contributed by atoms with E-state index in [0.29, 0.717) is 31.5 Å². The van der Waals surface area contributed by atoms with Crippen LogP contribution in [0.5, 0.6) is 0 Å². The Labute approximate surface area is 173 Å². The summed E-state index contributed by atoms with van der Waals surface area (Å²) < 4.78 is 5.18. The minimum Gasteiger partial charge on any atom is -0.444 e. The topological polar surface area (TPSA) is 85.7 Å². The molecule has 1 heterocycles. The maximum absolute atomic E-state index is 12.5. The Bertz CT molecular complexity index is 719. The largest absolute Gasteiger partial charge is 0.444 e. The first-order valence-corrected chi connectivity index (χ1v) is 10.2. The van der Waals surface area contributed by atoms with Crippen LogP contribution >= 0.6 is 0 Å². The van der Waals surface area contributed by atoms with Crippen molar-refractivity contribution < 1.29 is 14.3 Å². The van der Waals surface area contributed by atoms with Crippen molar-refractivity contribution in [3.05, 3.63) is 35.4 Å². The van der Waals surface area contributed by atoms with Gasteiger partial charge in [-0.3, -0.25) is 9.69 Å². The van der Waals surface area contributed by atoms with Gasteiger partial charge in [0.2, 0.25) is 5.91 Å². The normalized spacial score (nSPS) is 15.3. The summed E-state index contributed by atoms with van der Waals surface area (Å²) in [6.07, 6.45) is 1.52. The Balaban J connectivity index is 1.69. The van der Waals surface area contributed by atoms with Gasteiger partial charge in [0.1, 0.15) is 5.60 Å². The molecule has 1 aromatic carbocycles. The predicted molar refractivity (Wildman–Crippen MR) is 111 cm³/mol. The van der Waals surface area contributed by atoms with Crippen LogP contribution in [0.25, 0.3) is 0 Å². The van der Waals surface area contributed by atoms with E-state index in [9.17, 15) is 9.59 Å². The fourth-order valence-corrected chi connectivity index (χ4v) is 3.22. The van der Waals surface area contributed by atoms with Crippen LogP contribution in [0.4, 0.5) is 4.79 Å². The van der Waals surface area contributed by atoms with Gasteiger partial charge in [-0.2, -0.15) is 5.26 Å². The van der Waals surface area contributed by atoms with Gasteiger partial charge in [-0.15, -0.1) is 0 Å². The Morgan fingerprint density at radius 1 is 1.14 bits per heavy atom. The van der Waals surface area contributed by atoms with E-state index in [2.05, 4.69) is 16.3 Å². The third-order valence-electron chi connectivity index (χ3n) is 4.67. The summed E-state index contributed by atoms with van der Waals surface area (Å²) in [7, 11) is 0. The lowest BCUT2D eigenvalue weighted by Gasteiger charge is -2.22. The molecule has 7 nitrogen and oxygen atoms in total. The van der Waals surface area contributed by atoms with Gasteiger partial charge < -0.3 is 15.0 Å².